The molecule has 5 nitrogen and oxygen atoms in total. The van der Waals surface area contributed by atoms with Gasteiger partial charge in [0.2, 0.25) is 10.0 Å². The van der Waals surface area contributed by atoms with Gasteiger partial charge in [-0.1, -0.05) is 13.8 Å². The van der Waals surface area contributed by atoms with Gasteiger partial charge < -0.3 is 5.73 Å². The zero-order chi connectivity index (χ0) is 15.3. The van der Waals surface area contributed by atoms with E-state index < -0.39 is 10.0 Å². The van der Waals surface area contributed by atoms with Crippen molar-refractivity contribution in [2.45, 2.75) is 25.2 Å². The molecule has 0 saturated carbocycles. The van der Waals surface area contributed by atoms with Gasteiger partial charge in [0.05, 0.1) is 11.0 Å². The maximum absolute atomic E-state index is 12.6. The van der Waals surface area contributed by atoms with E-state index in [1.807, 2.05) is 19.9 Å². The summed E-state index contributed by atoms with van der Waals surface area (Å²) in [5.74, 6) is 0.181. The molecule has 0 unspecified atom stereocenters. The molecule has 2 N–H and O–H groups in total. The first kappa shape index (κ1) is 17.0. The van der Waals surface area contributed by atoms with E-state index in [4.69, 9.17) is 11.0 Å². The smallest absolute Gasteiger partial charge is 0.243 e. The van der Waals surface area contributed by atoms with Crippen molar-refractivity contribution in [2.24, 2.45) is 5.92 Å². The van der Waals surface area contributed by atoms with Gasteiger partial charge >= 0.3 is 0 Å². The molecule has 0 radical (unpaired) electrons. The third-order valence-corrected chi connectivity index (χ3v) is 5.20. The lowest BCUT2D eigenvalue weighted by atomic mass is 10.2. The van der Waals surface area contributed by atoms with E-state index in [-0.39, 0.29) is 23.8 Å². The Morgan fingerprint density at radius 2 is 2.10 bits per heavy atom. The number of nitrogens with two attached hydrogens (primary N) is 1. The number of nitrogens with zero attached hydrogens (tertiary/aromatic N) is 2. The van der Waals surface area contributed by atoms with Crippen molar-refractivity contribution in [1.29, 1.82) is 5.26 Å². The Morgan fingerprint density at radius 1 is 1.45 bits per heavy atom. The number of rotatable bonds is 6. The van der Waals surface area contributed by atoms with Crippen LogP contribution in [0, 0.1) is 17.2 Å². The molecule has 0 aromatic heterocycles. The topological polar surface area (TPSA) is 87.2 Å². The van der Waals surface area contributed by atoms with Gasteiger partial charge in [-0.25, -0.2) is 8.42 Å². The van der Waals surface area contributed by atoms with Gasteiger partial charge in [-0.15, -0.1) is 0 Å². The lowest BCUT2D eigenvalue weighted by molar-refractivity contribution is 0.373. The molecule has 0 aliphatic carbocycles. The highest BCUT2D eigenvalue weighted by atomic mass is 79.9. The molecule has 110 valence electrons. The molecule has 1 rings (SSSR count). The molecular formula is C13H18BrN3O2S. The van der Waals surface area contributed by atoms with Crippen molar-refractivity contribution in [3.05, 3.63) is 22.7 Å². The Kier molecular flexibility index (Phi) is 5.99. The van der Waals surface area contributed by atoms with Crippen molar-refractivity contribution < 1.29 is 8.42 Å². The molecule has 0 heterocycles. The Bertz CT molecular complexity index is 609. The lowest BCUT2D eigenvalue weighted by Gasteiger charge is -2.23. The number of halogens is 1. The Balaban J connectivity index is 3.14. The summed E-state index contributed by atoms with van der Waals surface area (Å²) in [6, 6.07) is 6.50. The Labute approximate surface area is 128 Å². The van der Waals surface area contributed by atoms with E-state index >= 15 is 0 Å². The minimum atomic E-state index is -3.61. The summed E-state index contributed by atoms with van der Waals surface area (Å²) < 4.78 is 27.1. The van der Waals surface area contributed by atoms with Crippen LogP contribution in [0.25, 0.3) is 0 Å². The van der Waals surface area contributed by atoms with Crippen molar-refractivity contribution in [3.63, 3.8) is 0 Å². The molecular weight excluding hydrogens is 342 g/mol. The number of hydrogen-bond acceptors (Lipinski definition) is 4. The fourth-order valence-corrected chi connectivity index (χ4v) is 3.87. The second-order valence-electron chi connectivity index (χ2n) is 4.85. The molecule has 0 fully saturated rings. The highest BCUT2D eigenvalue weighted by molar-refractivity contribution is 9.10. The zero-order valence-electron chi connectivity index (χ0n) is 11.5. The van der Waals surface area contributed by atoms with Crippen molar-refractivity contribution in [2.75, 3.05) is 18.8 Å². The highest BCUT2D eigenvalue weighted by Crippen LogP contribution is 2.25. The summed E-state index contributed by atoms with van der Waals surface area (Å²) in [6.07, 6.45) is 0.169. The quantitative estimate of drug-likeness (QED) is 0.790. The van der Waals surface area contributed by atoms with Crippen molar-refractivity contribution >= 4 is 31.6 Å². The van der Waals surface area contributed by atoms with Crippen LogP contribution >= 0.6 is 15.9 Å². The highest BCUT2D eigenvalue weighted by Gasteiger charge is 2.25. The largest absolute Gasteiger partial charge is 0.398 e. The van der Waals surface area contributed by atoms with Gasteiger partial charge in [0.25, 0.3) is 0 Å². The van der Waals surface area contributed by atoms with Crippen LogP contribution in [0.1, 0.15) is 20.3 Å². The first-order valence-electron chi connectivity index (χ1n) is 6.21. The van der Waals surface area contributed by atoms with Gasteiger partial charge in [0.15, 0.2) is 0 Å². The second kappa shape index (κ2) is 7.07. The monoisotopic (exact) mass is 359 g/mol. The minimum Gasteiger partial charge on any atom is -0.398 e. The fourth-order valence-electron chi connectivity index (χ4n) is 1.71. The van der Waals surface area contributed by atoms with Crippen molar-refractivity contribution in [3.8, 4) is 6.07 Å². The molecule has 0 saturated heterocycles. The molecule has 0 aliphatic rings. The van der Waals surface area contributed by atoms with E-state index in [0.717, 1.165) is 0 Å². The average molecular weight is 360 g/mol. The van der Waals surface area contributed by atoms with Gasteiger partial charge in [-0.05, 0) is 40.0 Å². The number of anilines is 1. The van der Waals surface area contributed by atoms with Crippen LogP contribution in [0.4, 0.5) is 5.69 Å². The lowest BCUT2D eigenvalue weighted by Crippen LogP contribution is -2.35. The molecule has 0 spiro atoms. The number of sulfonamides is 1. The third-order valence-electron chi connectivity index (χ3n) is 2.65. The van der Waals surface area contributed by atoms with Gasteiger partial charge in [0, 0.05) is 29.7 Å². The van der Waals surface area contributed by atoms with Gasteiger partial charge in [-0.3, -0.25) is 0 Å². The van der Waals surface area contributed by atoms with E-state index in [9.17, 15) is 8.42 Å². The van der Waals surface area contributed by atoms with E-state index in [1.165, 1.54) is 16.4 Å². The molecule has 0 bridgehead atoms. The number of hydrogen-bond donors (Lipinski definition) is 1. The Morgan fingerprint density at radius 3 is 2.60 bits per heavy atom. The molecule has 0 amide bonds. The summed E-state index contributed by atoms with van der Waals surface area (Å²) in [5.41, 5.74) is 6.15. The zero-order valence-corrected chi connectivity index (χ0v) is 13.9. The second-order valence-corrected chi connectivity index (χ2v) is 7.64. The average Bonchev–Trinajstić information content (AvgIpc) is 2.37. The van der Waals surface area contributed by atoms with Crippen LogP contribution in [0.2, 0.25) is 0 Å². The van der Waals surface area contributed by atoms with E-state index in [0.29, 0.717) is 16.7 Å². The minimum absolute atomic E-state index is 0.169. The summed E-state index contributed by atoms with van der Waals surface area (Å²) >= 11 is 3.23. The molecule has 7 heteroatoms. The van der Waals surface area contributed by atoms with Crippen molar-refractivity contribution in [1.82, 2.24) is 4.31 Å². The van der Waals surface area contributed by atoms with Crippen LogP contribution in [-0.2, 0) is 10.0 Å². The fraction of sp³-hybridized carbons (Fsp3) is 0.462. The first-order valence-corrected chi connectivity index (χ1v) is 8.44. The normalized spacial score (nSPS) is 11.8. The number of benzene rings is 1. The third kappa shape index (κ3) is 4.20. The van der Waals surface area contributed by atoms with Crippen LogP contribution in [0.5, 0.6) is 0 Å². The van der Waals surface area contributed by atoms with Crippen LogP contribution in [0.3, 0.4) is 0 Å². The maximum Gasteiger partial charge on any atom is 0.243 e. The predicted octanol–water partition coefficient (Wildman–Crippen LogP) is 2.59. The molecule has 1 aromatic rings. The van der Waals surface area contributed by atoms with Crippen LogP contribution in [0.15, 0.2) is 27.6 Å². The molecule has 1 aromatic carbocycles. The van der Waals surface area contributed by atoms with E-state index in [2.05, 4.69) is 15.9 Å². The predicted molar refractivity (Wildman–Crippen MR) is 82.4 cm³/mol. The number of nitriles is 1. The summed E-state index contributed by atoms with van der Waals surface area (Å²) in [5, 5.41) is 8.67. The summed E-state index contributed by atoms with van der Waals surface area (Å²) in [7, 11) is -3.61. The van der Waals surface area contributed by atoms with Crippen LogP contribution in [-0.4, -0.2) is 25.8 Å². The molecule has 0 atom stereocenters. The Hall–Kier alpha value is -1.10. The SMILES string of the molecule is CC(C)CN(CCC#N)S(=O)(=O)c1ccc(N)c(Br)c1. The standard InChI is InChI=1S/C13H18BrN3O2S/c1-10(2)9-17(7-3-6-15)20(18,19)11-4-5-13(16)12(14)8-11/h4-5,8,10H,3,7,9,16H2,1-2H3. The molecule has 0 aliphatic heterocycles. The van der Waals surface area contributed by atoms with Gasteiger partial charge in [-0.2, -0.15) is 9.57 Å². The maximum atomic E-state index is 12.6. The summed E-state index contributed by atoms with van der Waals surface area (Å²) in [4.78, 5) is 0.178. The van der Waals surface area contributed by atoms with Gasteiger partial charge in [0.1, 0.15) is 0 Å². The molecule has 20 heavy (non-hydrogen) atoms. The number of nitrogen functional groups attached to an aromatic ring is 1. The summed E-state index contributed by atoms with van der Waals surface area (Å²) in [6.45, 7) is 4.45. The first-order chi connectivity index (χ1) is 9.28. The van der Waals surface area contributed by atoms with E-state index in [1.54, 1.807) is 6.07 Å². The van der Waals surface area contributed by atoms with Crippen LogP contribution < -0.4 is 5.73 Å².